The number of aliphatic hydroxyl groups excluding tert-OH is 1. The van der Waals surface area contributed by atoms with E-state index in [1.807, 2.05) is 11.1 Å². The van der Waals surface area contributed by atoms with Gasteiger partial charge in [0.2, 0.25) is 0 Å². The van der Waals surface area contributed by atoms with E-state index in [0.717, 1.165) is 30.6 Å². The number of thioether (sulfide) groups is 1. The molecule has 4 fully saturated rings. The lowest BCUT2D eigenvalue weighted by molar-refractivity contribution is -0.0373. The lowest BCUT2D eigenvalue weighted by atomic mass is 9.49. The summed E-state index contributed by atoms with van der Waals surface area (Å²) in [5.74, 6) is 5.20. The molecule has 6 atom stereocenters. The van der Waals surface area contributed by atoms with Crippen molar-refractivity contribution in [2.24, 2.45) is 28.6 Å². The van der Waals surface area contributed by atoms with Gasteiger partial charge < -0.3 is 10.0 Å². The molecule has 158 valence electrons. The van der Waals surface area contributed by atoms with Gasteiger partial charge >= 0.3 is 0 Å². The molecule has 0 bridgehead atoms. The third kappa shape index (κ3) is 3.23. The highest BCUT2D eigenvalue weighted by Crippen LogP contribution is 2.65. The molecule has 2 unspecified atom stereocenters. The van der Waals surface area contributed by atoms with Crippen LogP contribution in [0.3, 0.4) is 0 Å². The molecule has 1 heterocycles. The van der Waals surface area contributed by atoms with Crippen LogP contribution >= 0.6 is 11.8 Å². The third-order valence-electron chi connectivity index (χ3n) is 10.1. The molecule has 0 aromatic carbocycles. The van der Waals surface area contributed by atoms with Crippen LogP contribution in [0.2, 0.25) is 0 Å². The predicted molar refractivity (Wildman–Crippen MR) is 120 cm³/mol. The highest BCUT2D eigenvalue weighted by Gasteiger charge is 2.54. The molecule has 1 N–H and O–H groups in total. The van der Waals surface area contributed by atoms with Crippen molar-refractivity contribution >= 4 is 11.8 Å². The Morgan fingerprint density at radius 1 is 1.04 bits per heavy atom. The van der Waals surface area contributed by atoms with Crippen molar-refractivity contribution in [3.63, 3.8) is 0 Å². The van der Waals surface area contributed by atoms with E-state index in [4.69, 9.17) is 0 Å². The zero-order valence-electron chi connectivity index (χ0n) is 18.2. The molecule has 0 amide bonds. The Bertz CT molecular complexity index is 626. The van der Waals surface area contributed by atoms with Crippen LogP contribution in [0.4, 0.5) is 0 Å². The van der Waals surface area contributed by atoms with Gasteiger partial charge in [-0.15, -0.1) is 0 Å². The quantitative estimate of drug-likeness (QED) is 0.629. The summed E-state index contributed by atoms with van der Waals surface area (Å²) in [5, 5.41) is 10.2. The number of aliphatic hydroxyl groups is 1. The standard InChI is InChI=1S/C25H41NOS/c1-24-11-8-23-21(5-3-19-17-20(27)7-10-25(19,23)2)22(24)6-4-18(24)9-12-26-13-15-28-16-14-26/h18-20,23,27H,3-17H2,1-2H3/t18-,19?,20+,23?,24-,25+/m1/s1. The van der Waals surface area contributed by atoms with Gasteiger partial charge in [0.25, 0.3) is 0 Å². The monoisotopic (exact) mass is 403 g/mol. The second kappa shape index (κ2) is 7.61. The van der Waals surface area contributed by atoms with Crippen LogP contribution in [-0.4, -0.2) is 47.3 Å². The first-order valence-electron chi connectivity index (χ1n) is 12.2. The maximum atomic E-state index is 10.2. The summed E-state index contributed by atoms with van der Waals surface area (Å²) < 4.78 is 0. The first-order valence-corrected chi connectivity index (χ1v) is 13.4. The summed E-state index contributed by atoms with van der Waals surface area (Å²) in [6, 6.07) is 0. The average Bonchev–Trinajstić information content (AvgIpc) is 3.04. The molecule has 1 saturated heterocycles. The minimum atomic E-state index is -0.0230. The lowest BCUT2D eigenvalue weighted by Gasteiger charge is -2.56. The molecule has 0 radical (unpaired) electrons. The summed E-state index contributed by atoms with van der Waals surface area (Å²) in [7, 11) is 0. The van der Waals surface area contributed by atoms with E-state index in [9.17, 15) is 5.11 Å². The van der Waals surface area contributed by atoms with Crippen LogP contribution in [0.5, 0.6) is 0 Å². The summed E-state index contributed by atoms with van der Waals surface area (Å²) >= 11 is 2.13. The van der Waals surface area contributed by atoms with Crippen LogP contribution in [0.15, 0.2) is 11.1 Å². The molecule has 4 aliphatic carbocycles. The van der Waals surface area contributed by atoms with Gasteiger partial charge in [0.1, 0.15) is 0 Å². The van der Waals surface area contributed by atoms with Crippen LogP contribution in [0.1, 0.15) is 78.1 Å². The summed E-state index contributed by atoms with van der Waals surface area (Å²) in [4.78, 5) is 2.73. The predicted octanol–water partition coefficient (Wildman–Crippen LogP) is 5.51. The first-order chi connectivity index (χ1) is 13.5. The number of allylic oxidation sites excluding steroid dienone is 2. The Balaban J connectivity index is 1.33. The molecule has 0 spiro atoms. The summed E-state index contributed by atoms with van der Waals surface area (Å²) in [6.45, 7) is 9.21. The van der Waals surface area contributed by atoms with Crippen molar-refractivity contribution in [2.75, 3.05) is 31.1 Å². The number of nitrogens with zero attached hydrogens (tertiary/aromatic N) is 1. The van der Waals surface area contributed by atoms with Gasteiger partial charge in [-0.1, -0.05) is 25.0 Å². The molecular formula is C25H41NOS. The molecule has 5 rings (SSSR count). The van der Waals surface area contributed by atoms with Crippen molar-refractivity contribution < 1.29 is 5.11 Å². The van der Waals surface area contributed by atoms with Crippen LogP contribution in [0, 0.1) is 28.6 Å². The number of hydrogen-bond donors (Lipinski definition) is 1. The third-order valence-corrected chi connectivity index (χ3v) is 11.0. The van der Waals surface area contributed by atoms with Gasteiger partial charge in [-0.3, -0.25) is 0 Å². The maximum Gasteiger partial charge on any atom is 0.0543 e. The largest absolute Gasteiger partial charge is 0.393 e. The second-order valence-corrected chi connectivity index (χ2v) is 12.4. The zero-order chi connectivity index (χ0) is 19.4. The number of hydrogen-bond acceptors (Lipinski definition) is 3. The highest BCUT2D eigenvalue weighted by molar-refractivity contribution is 7.99. The topological polar surface area (TPSA) is 23.5 Å². The van der Waals surface area contributed by atoms with Crippen molar-refractivity contribution in [3.05, 3.63) is 11.1 Å². The van der Waals surface area contributed by atoms with Crippen LogP contribution in [-0.2, 0) is 0 Å². The van der Waals surface area contributed by atoms with E-state index in [1.165, 1.54) is 82.5 Å². The van der Waals surface area contributed by atoms with Crippen LogP contribution in [0.25, 0.3) is 0 Å². The van der Waals surface area contributed by atoms with Gasteiger partial charge in [0.05, 0.1) is 6.10 Å². The van der Waals surface area contributed by atoms with E-state index >= 15 is 0 Å². The maximum absolute atomic E-state index is 10.2. The van der Waals surface area contributed by atoms with Crippen molar-refractivity contribution in [3.8, 4) is 0 Å². The molecule has 28 heavy (non-hydrogen) atoms. The van der Waals surface area contributed by atoms with Crippen molar-refractivity contribution in [1.29, 1.82) is 0 Å². The fraction of sp³-hybridized carbons (Fsp3) is 0.920. The SMILES string of the molecule is C[C@]12CC[C@H](O)CC1CCC1=C3CC[C@H](CCN4CCSCC4)[C@@]3(C)CCC12. The minimum Gasteiger partial charge on any atom is -0.393 e. The van der Waals surface area contributed by atoms with Gasteiger partial charge in [0.15, 0.2) is 0 Å². The fourth-order valence-electron chi connectivity index (χ4n) is 8.19. The minimum absolute atomic E-state index is 0.0230. The molecule has 0 aromatic heterocycles. The molecular weight excluding hydrogens is 362 g/mol. The average molecular weight is 404 g/mol. The number of fused-ring (bicyclic) bond motifs is 4. The Hall–Kier alpha value is 0.01000. The van der Waals surface area contributed by atoms with Gasteiger partial charge in [-0.2, -0.15) is 11.8 Å². The fourth-order valence-corrected chi connectivity index (χ4v) is 9.17. The van der Waals surface area contributed by atoms with E-state index in [2.05, 4.69) is 30.5 Å². The molecule has 1 aliphatic heterocycles. The summed E-state index contributed by atoms with van der Waals surface area (Å²) in [6.07, 6.45) is 13.2. The van der Waals surface area contributed by atoms with Crippen molar-refractivity contribution in [2.45, 2.75) is 84.2 Å². The van der Waals surface area contributed by atoms with Crippen molar-refractivity contribution in [1.82, 2.24) is 4.90 Å². The van der Waals surface area contributed by atoms with Gasteiger partial charge in [0, 0.05) is 24.6 Å². The molecule has 3 saturated carbocycles. The normalized spacial score (nSPS) is 46.8. The lowest BCUT2D eigenvalue weighted by Crippen LogP contribution is -2.48. The Kier molecular flexibility index (Phi) is 5.42. The zero-order valence-corrected chi connectivity index (χ0v) is 19.0. The number of rotatable bonds is 3. The van der Waals surface area contributed by atoms with E-state index in [1.54, 1.807) is 0 Å². The van der Waals surface area contributed by atoms with E-state index < -0.39 is 0 Å². The Morgan fingerprint density at radius 3 is 2.68 bits per heavy atom. The van der Waals surface area contributed by atoms with Gasteiger partial charge in [-0.25, -0.2) is 0 Å². The van der Waals surface area contributed by atoms with Gasteiger partial charge in [-0.05, 0) is 99.3 Å². The smallest absolute Gasteiger partial charge is 0.0543 e. The highest BCUT2D eigenvalue weighted by atomic mass is 32.2. The Morgan fingerprint density at radius 2 is 1.86 bits per heavy atom. The first kappa shape index (κ1) is 19.9. The molecule has 5 aliphatic rings. The molecule has 2 nitrogen and oxygen atoms in total. The Labute approximate surface area is 176 Å². The van der Waals surface area contributed by atoms with E-state index in [0.29, 0.717) is 10.8 Å². The summed E-state index contributed by atoms with van der Waals surface area (Å²) in [5.41, 5.74) is 4.83. The molecule has 0 aromatic rings. The molecule has 3 heteroatoms. The second-order valence-electron chi connectivity index (χ2n) is 11.2. The van der Waals surface area contributed by atoms with E-state index in [-0.39, 0.29) is 6.10 Å². The van der Waals surface area contributed by atoms with Crippen LogP contribution < -0.4 is 0 Å².